The molecule has 1 aliphatic rings. The molecular formula is C13H15NO. The van der Waals surface area contributed by atoms with Crippen LogP contribution in [0.2, 0.25) is 0 Å². The van der Waals surface area contributed by atoms with Gasteiger partial charge in [-0.15, -0.1) is 0 Å². The Balaban J connectivity index is 2.13. The Labute approximate surface area is 88.9 Å². The lowest BCUT2D eigenvalue weighted by Crippen LogP contribution is -1.98. The summed E-state index contributed by atoms with van der Waals surface area (Å²) in [6, 6.07) is 8.33. The smallest absolute Gasteiger partial charge is 0.0682 e. The number of hydrogen-bond acceptors (Lipinski definition) is 1. The van der Waals surface area contributed by atoms with Gasteiger partial charge in [0.1, 0.15) is 0 Å². The lowest BCUT2D eigenvalue weighted by Gasteiger charge is -2.02. The topological polar surface area (TPSA) is 36.0 Å². The second-order valence-corrected chi connectivity index (χ2v) is 4.82. The van der Waals surface area contributed by atoms with Crippen LogP contribution >= 0.6 is 0 Å². The number of aliphatic hydroxyl groups excluding tert-OH is 1. The van der Waals surface area contributed by atoms with Gasteiger partial charge >= 0.3 is 0 Å². The van der Waals surface area contributed by atoms with E-state index in [4.69, 9.17) is 5.11 Å². The number of nitrogens with one attached hydrogen (secondary N) is 1. The molecule has 0 aliphatic heterocycles. The zero-order valence-corrected chi connectivity index (χ0v) is 8.88. The van der Waals surface area contributed by atoms with Crippen molar-refractivity contribution in [2.45, 2.75) is 31.8 Å². The summed E-state index contributed by atoms with van der Waals surface area (Å²) in [7, 11) is 0. The largest absolute Gasteiger partial charge is 0.392 e. The van der Waals surface area contributed by atoms with Gasteiger partial charge in [0, 0.05) is 16.6 Å². The summed E-state index contributed by atoms with van der Waals surface area (Å²) in [5, 5.41) is 10.3. The molecule has 1 heterocycles. The first-order valence-electron chi connectivity index (χ1n) is 5.44. The number of aromatic amines is 1. The normalized spacial score (nSPS) is 18.3. The first-order valence-corrected chi connectivity index (χ1v) is 5.44. The summed E-state index contributed by atoms with van der Waals surface area (Å²) in [6.07, 6.45) is 2.57. The van der Waals surface area contributed by atoms with Crippen LogP contribution < -0.4 is 0 Å². The summed E-state index contributed by atoms with van der Waals surface area (Å²) in [5.74, 6) is 0. The van der Waals surface area contributed by atoms with E-state index in [1.54, 1.807) is 0 Å². The van der Waals surface area contributed by atoms with Gasteiger partial charge < -0.3 is 10.1 Å². The van der Waals surface area contributed by atoms with E-state index in [1.165, 1.54) is 23.9 Å². The van der Waals surface area contributed by atoms with Crippen molar-refractivity contribution in [3.8, 4) is 0 Å². The van der Waals surface area contributed by atoms with Crippen LogP contribution in [0.5, 0.6) is 0 Å². The van der Waals surface area contributed by atoms with Crippen LogP contribution in [0.3, 0.4) is 0 Å². The van der Waals surface area contributed by atoms with E-state index in [-0.39, 0.29) is 6.61 Å². The third-order valence-electron chi connectivity index (χ3n) is 3.52. The summed E-state index contributed by atoms with van der Waals surface area (Å²) in [5.41, 5.74) is 3.84. The first-order chi connectivity index (χ1) is 7.21. The fourth-order valence-corrected chi connectivity index (χ4v) is 2.05. The lowest BCUT2D eigenvalue weighted by atomic mass is 10.1. The van der Waals surface area contributed by atoms with E-state index in [2.05, 4.69) is 24.0 Å². The first kappa shape index (κ1) is 8.98. The maximum absolute atomic E-state index is 9.06. The van der Waals surface area contributed by atoms with E-state index in [1.807, 2.05) is 12.1 Å². The molecule has 1 aromatic carbocycles. The van der Waals surface area contributed by atoms with E-state index >= 15 is 0 Å². The van der Waals surface area contributed by atoms with Gasteiger partial charge in [-0.05, 0) is 35.9 Å². The molecule has 2 nitrogen and oxygen atoms in total. The number of benzene rings is 1. The Hall–Kier alpha value is -1.28. The van der Waals surface area contributed by atoms with Crippen molar-refractivity contribution in [3.63, 3.8) is 0 Å². The van der Waals surface area contributed by atoms with Gasteiger partial charge in [0.05, 0.1) is 6.61 Å². The second kappa shape index (κ2) is 2.86. The summed E-state index contributed by atoms with van der Waals surface area (Å²) < 4.78 is 0. The van der Waals surface area contributed by atoms with Gasteiger partial charge in [0.15, 0.2) is 0 Å². The molecule has 1 fully saturated rings. The minimum Gasteiger partial charge on any atom is -0.392 e. The highest BCUT2D eigenvalue weighted by Gasteiger charge is 2.40. The quantitative estimate of drug-likeness (QED) is 0.770. The molecular weight excluding hydrogens is 186 g/mol. The average Bonchev–Trinajstić information content (AvgIpc) is 2.85. The van der Waals surface area contributed by atoms with Crippen molar-refractivity contribution in [2.24, 2.45) is 0 Å². The van der Waals surface area contributed by atoms with Crippen LogP contribution in [0.4, 0.5) is 0 Å². The molecule has 0 saturated heterocycles. The number of aliphatic hydroxyl groups is 1. The lowest BCUT2D eigenvalue weighted by molar-refractivity contribution is 0.282. The van der Waals surface area contributed by atoms with Crippen LogP contribution in [-0.2, 0) is 12.0 Å². The Bertz CT molecular complexity index is 508. The molecule has 2 aromatic rings. The molecule has 1 aliphatic carbocycles. The fraction of sp³-hybridized carbons (Fsp3) is 0.385. The van der Waals surface area contributed by atoms with Crippen LogP contribution in [0.15, 0.2) is 24.3 Å². The summed E-state index contributed by atoms with van der Waals surface area (Å²) >= 11 is 0. The monoisotopic (exact) mass is 201 g/mol. The number of H-pyrrole nitrogens is 1. The Kier molecular flexibility index (Phi) is 1.71. The maximum Gasteiger partial charge on any atom is 0.0682 e. The van der Waals surface area contributed by atoms with Crippen molar-refractivity contribution in [3.05, 3.63) is 35.5 Å². The van der Waals surface area contributed by atoms with Gasteiger partial charge in [0.25, 0.3) is 0 Å². The van der Waals surface area contributed by atoms with Crippen LogP contribution in [0.1, 0.15) is 31.0 Å². The number of fused-ring (bicyclic) bond motifs is 1. The van der Waals surface area contributed by atoms with E-state index in [0.717, 1.165) is 11.1 Å². The molecule has 3 rings (SSSR count). The minimum absolute atomic E-state index is 0.113. The number of hydrogen-bond donors (Lipinski definition) is 2. The molecule has 0 radical (unpaired) electrons. The van der Waals surface area contributed by atoms with E-state index in [9.17, 15) is 0 Å². The van der Waals surface area contributed by atoms with E-state index in [0.29, 0.717) is 5.41 Å². The van der Waals surface area contributed by atoms with Crippen molar-refractivity contribution < 1.29 is 5.11 Å². The van der Waals surface area contributed by atoms with Crippen LogP contribution in [0.25, 0.3) is 10.9 Å². The molecule has 1 saturated carbocycles. The third kappa shape index (κ3) is 1.37. The number of rotatable bonds is 2. The maximum atomic E-state index is 9.06. The zero-order chi connectivity index (χ0) is 10.5. The van der Waals surface area contributed by atoms with Gasteiger partial charge in [-0.25, -0.2) is 0 Å². The standard InChI is InChI=1S/C13H15NO/c1-13(4-5-13)12-7-10-3-2-9(8-15)6-11(10)14-12/h2-3,6-7,14-15H,4-5,8H2,1H3. The number of aromatic nitrogens is 1. The van der Waals surface area contributed by atoms with Gasteiger partial charge in [-0.1, -0.05) is 19.1 Å². The van der Waals surface area contributed by atoms with Gasteiger partial charge in [-0.3, -0.25) is 0 Å². The van der Waals surface area contributed by atoms with Crippen molar-refractivity contribution in [1.29, 1.82) is 0 Å². The average molecular weight is 201 g/mol. The van der Waals surface area contributed by atoms with Crippen LogP contribution in [0, 0.1) is 0 Å². The second-order valence-electron chi connectivity index (χ2n) is 4.82. The Morgan fingerprint density at radius 1 is 1.33 bits per heavy atom. The predicted octanol–water partition coefficient (Wildman–Crippen LogP) is 2.71. The Morgan fingerprint density at radius 2 is 2.13 bits per heavy atom. The van der Waals surface area contributed by atoms with Crippen molar-refractivity contribution in [2.75, 3.05) is 0 Å². The highest BCUT2D eigenvalue weighted by molar-refractivity contribution is 5.81. The van der Waals surface area contributed by atoms with Crippen LogP contribution in [-0.4, -0.2) is 10.1 Å². The molecule has 15 heavy (non-hydrogen) atoms. The molecule has 2 N–H and O–H groups in total. The van der Waals surface area contributed by atoms with Gasteiger partial charge in [-0.2, -0.15) is 0 Å². The van der Waals surface area contributed by atoms with Crippen molar-refractivity contribution >= 4 is 10.9 Å². The fourth-order valence-electron chi connectivity index (χ4n) is 2.05. The molecule has 2 heteroatoms. The highest BCUT2D eigenvalue weighted by Crippen LogP contribution is 2.47. The third-order valence-corrected chi connectivity index (χ3v) is 3.52. The molecule has 78 valence electrons. The summed E-state index contributed by atoms with van der Waals surface area (Å²) in [4.78, 5) is 3.46. The molecule has 0 amide bonds. The highest BCUT2D eigenvalue weighted by atomic mass is 16.3. The van der Waals surface area contributed by atoms with Gasteiger partial charge in [0.2, 0.25) is 0 Å². The SMILES string of the molecule is CC1(c2cc3ccc(CO)cc3[nH]2)CC1. The zero-order valence-electron chi connectivity index (χ0n) is 8.88. The molecule has 0 unspecified atom stereocenters. The summed E-state index contributed by atoms with van der Waals surface area (Å²) in [6.45, 7) is 2.41. The predicted molar refractivity (Wildman–Crippen MR) is 60.8 cm³/mol. The molecule has 0 bridgehead atoms. The molecule has 1 aromatic heterocycles. The minimum atomic E-state index is 0.113. The van der Waals surface area contributed by atoms with Crippen molar-refractivity contribution in [1.82, 2.24) is 4.98 Å². The molecule has 0 atom stereocenters. The molecule has 0 spiro atoms. The Morgan fingerprint density at radius 3 is 2.80 bits per heavy atom. The van der Waals surface area contributed by atoms with E-state index < -0.39 is 0 Å².